The first-order valence-corrected chi connectivity index (χ1v) is 17.1. The summed E-state index contributed by atoms with van der Waals surface area (Å²) in [4.78, 5) is 30.3. The first kappa shape index (κ1) is 35.2. The minimum absolute atomic E-state index is 0.0378. The van der Waals surface area contributed by atoms with E-state index in [4.69, 9.17) is 4.74 Å². The lowest BCUT2D eigenvalue weighted by Crippen LogP contribution is -2.56. The number of aryl methyl sites for hydroxylation is 3. The molecule has 4 aromatic carbocycles. The molecule has 47 heavy (non-hydrogen) atoms. The minimum atomic E-state index is -4.26. The molecule has 4 aromatic rings. The number of carbonyl (C=O) groups is 2. The van der Waals surface area contributed by atoms with Crippen LogP contribution in [0.3, 0.4) is 0 Å². The number of ether oxygens (including phenoxy) is 1. The molecule has 0 saturated heterocycles. The molecule has 0 bridgehead atoms. The molecule has 1 atom stereocenters. The van der Waals surface area contributed by atoms with Gasteiger partial charge in [0.05, 0.1) is 17.7 Å². The molecule has 2 amide bonds. The van der Waals surface area contributed by atoms with Crippen molar-refractivity contribution in [1.29, 1.82) is 0 Å². The van der Waals surface area contributed by atoms with E-state index in [0.29, 0.717) is 5.75 Å². The number of nitrogens with zero attached hydrogens (tertiary/aromatic N) is 2. The molecule has 0 aliphatic carbocycles. The van der Waals surface area contributed by atoms with Crippen molar-refractivity contribution in [2.75, 3.05) is 18.0 Å². The van der Waals surface area contributed by atoms with Gasteiger partial charge in [0.2, 0.25) is 11.8 Å². The molecule has 0 unspecified atom stereocenters. The first-order valence-electron chi connectivity index (χ1n) is 15.6. The third-order valence-electron chi connectivity index (χ3n) is 7.73. The van der Waals surface area contributed by atoms with Crippen molar-refractivity contribution in [2.24, 2.45) is 0 Å². The Morgan fingerprint density at radius 3 is 1.94 bits per heavy atom. The fourth-order valence-corrected chi connectivity index (χ4v) is 6.66. The van der Waals surface area contributed by atoms with Gasteiger partial charge in [0.15, 0.2) is 0 Å². The van der Waals surface area contributed by atoms with Crippen LogP contribution in [0.4, 0.5) is 5.69 Å². The Balaban J connectivity index is 1.86. The van der Waals surface area contributed by atoms with Crippen LogP contribution in [0.5, 0.6) is 5.75 Å². The van der Waals surface area contributed by atoms with E-state index < -0.39 is 34.1 Å². The second kappa shape index (κ2) is 14.9. The van der Waals surface area contributed by atoms with Crippen molar-refractivity contribution in [3.63, 3.8) is 0 Å². The number of sulfonamides is 1. The predicted molar refractivity (Wildman–Crippen MR) is 187 cm³/mol. The molecular weight excluding hydrogens is 611 g/mol. The average Bonchev–Trinajstić information content (AvgIpc) is 3.02. The molecule has 248 valence electrons. The Bertz CT molecular complexity index is 1780. The maximum absolute atomic E-state index is 14.7. The Labute approximate surface area is 279 Å². The van der Waals surface area contributed by atoms with E-state index in [1.54, 1.807) is 24.3 Å². The van der Waals surface area contributed by atoms with Gasteiger partial charge in [-0.05, 0) is 82.5 Å². The summed E-state index contributed by atoms with van der Waals surface area (Å²) in [5, 5.41) is 3.06. The summed E-state index contributed by atoms with van der Waals surface area (Å²) in [5.74, 6) is -0.562. The quantitative estimate of drug-likeness (QED) is 0.191. The summed E-state index contributed by atoms with van der Waals surface area (Å²) >= 11 is 0. The molecule has 0 heterocycles. The zero-order valence-electron chi connectivity index (χ0n) is 28.3. The van der Waals surface area contributed by atoms with Crippen LogP contribution in [0.15, 0.2) is 102 Å². The number of hydrogen-bond donors (Lipinski definition) is 1. The lowest BCUT2D eigenvalue weighted by molar-refractivity contribution is -0.140. The average molecular weight is 656 g/mol. The molecule has 9 heteroatoms. The second-order valence-electron chi connectivity index (χ2n) is 13.0. The Morgan fingerprint density at radius 2 is 1.36 bits per heavy atom. The zero-order valence-corrected chi connectivity index (χ0v) is 29.1. The molecule has 0 aromatic heterocycles. The molecule has 0 radical (unpaired) electrons. The standard InChI is InChI=1S/C38H45N3O5S/c1-27-13-18-31(19-14-27)25-40(34(37(43)39-38(4,5)6)24-30-11-9-8-10-12-30)36(42)26-41(33-23-29(3)17-22-35(33)46-7)47(44,45)32-20-15-28(2)16-21-32/h8-23,34H,24-26H2,1-7H3,(H,39,43)/t34-/m1/s1. The number of amides is 2. The van der Waals surface area contributed by atoms with Crippen molar-refractivity contribution in [2.45, 2.75) is 71.0 Å². The maximum Gasteiger partial charge on any atom is 0.264 e. The highest BCUT2D eigenvalue weighted by atomic mass is 32.2. The van der Waals surface area contributed by atoms with Gasteiger partial charge in [0, 0.05) is 18.5 Å². The van der Waals surface area contributed by atoms with Gasteiger partial charge in [0.1, 0.15) is 18.3 Å². The molecule has 0 saturated carbocycles. The van der Waals surface area contributed by atoms with Crippen LogP contribution in [-0.2, 0) is 32.6 Å². The number of anilines is 1. The highest BCUT2D eigenvalue weighted by Gasteiger charge is 2.36. The molecule has 0 aliphatic rings. The van der Waals surface area contributed by atoms with E-state index in [1.807, 2.05) is 102 Å². The number of rotatable bonds is 12. The summed E-state index contributed by atoms with van der Waals surface area (Å²) in [7, 11) is -2.79. The summed E-state index contributed by atoms with van der Waals surface area (Å²) in [6.45, 7) is 10.9. The molecule has 0 spiro atoms. The lowest BCUT2D eigenvalue weighted by Gasteiger charge is -2.35. The van der Waals surface area contributed by atoms with Gasteiger partial charge in [-0.15, -0.1) is 0 Å². The van der Waals surface area contributed by atoms with Crippen LogP contribution < -0.4 is 14.4 Å². The largest absolute Gasteiger partial charge is 0.495 e. The van der Waals surface area contributed by atoms with E-state index in [9.17, 15) is 18.0 Å². The van der Waals surface area contributed by atoms with Crippen molar-refractivity contribution in [3.8, 4) is 5.75 Å². The number of carbonyl (C=O) groups excluding carboxylic acids is 2. The van der Waals surface area contributed by atoms with Crippen LogP contribution in [0.25, 0.3) is 0 Å². The summed E-state index contributed by atoms with van der Waals surface area (Å²) in [5.41, 5.74) is 4.09. The molecule has 0 fully saturated rings. The number of methoxy groups -OCH3 is 1. The fraction of sp³-hybridized carbons (Fsp3) is 0.316. The SMILES string of the molecule is COc1ccc(C)cc1N(CC(=O)N(Cc1ccc(C)cc1)[C@H](Cc1ccccc1)C(=O)NC(C)(C)C)S(=O)(=O)c1ccc(C)cc1. The molecule has 4 rings (SSSR count). The van der Waals surface area contributed by atoms with Crippen molar-refractivity contribution in [3.05, 3.63) is 125 Å². The molecule has 8 nitrogen and oxygen atoms in total. The van der Waals surface area contributed by atoms with Crippen molar-refractivity contribution >= 4 is 27.5 Å². The van der Waals surface area contributed by atoms with Crippen molar-refractivity contribution in [1.82, 2.24) is 10.2 Å². The highest BCUT2D eigenvalue weighted by molar-refractivity contribution is 7.92. The third kappa shape index (κ3) is 9.23. The number of benzene rings is 4. The topological polar surface area (TPSA) is 96.0 Å². The highest BCUT2D eigenvalue weighted by Crippen LogP contribution is 2.34. The van der Waals surface area contributed by atoms with Crippen LogP contribution >= 0.6 is 0 Å². The van der Waals surface area contributed by atoms with Gasteiger partial charge < -0.3 is 15.0 Å². The van der Waals surface area contributed by atoms with E-state index in [2.05, 4.69) is 5.32 Å². The molecule has 1 N–H and O–H groups in total. The second-order valence-corrected chi connectivity index (χ2v) is 14.8. The summed E-state index contributed by atoms with van der Waals surface area (Å²) < 4.78 is 35.5. The molecule has 0 aliphatic heterocycles. The van der Waals surface area contributed by atoms with Gasteiger partial charge in [-0.1, -0.05) is 83.9 Å². The molecular formula is C38H45N3O5S. The van der Waals surface area contributed by atoms with Gasteiger partial charge in [-0.25, -0.2) is 8.42 Å². The van der Waals surface area contributed by atoms with Gasteiger partial charge >= 0.3 is 0 Å². The Kier molecular flexibility index (Phi) is 11.1. The summed E-state index contributed by atoms with van der Waals surface area (Å²) in [6.07, 6.45) is 0.235. The van der Waals surface area contributed by atoms with Crippen LogP contribution in [0.1, 0.15) is 48.6 Å². The Morgan fingerprint density at radius 1 is 0.787 bits per heavy atom. The fourth-order valence-electron chi connectivity index (χ4n) is 5.24. The van der Waals surface area contributed by atoms with Crippen LogP contribution in [0.2, 0.25) is 0 Å². The monoisotopic (exact) mass is 655 g/mol. The Hall–Kier alpha value is -4.63. The summed E-state index contributed by atoms with van der Waals surface area (Å²) in [6, 6.07) is 28.0. The van der Waals surface area contributed by atoms with Crippen molar-refractivity contribution < 1.29 is 22.7 Å². The normalized spacial score (nSPS) is 12.2. The van der Waals surface area contributed by atoms with Gasteiger partial charge in [0.25, 0.3) is 10.0 Å². The van der Waals surface area contributed by atoms with Gasteiger partial charge in [-0.3, -0.25) is 13.9 Å². The maximum atomic E-state index is 14.7. The lowest BCUT2D eigenvalue weighted by atomic mass is 10.0. The minimum Gasteiger partial charge on any atom is -0.495 e. The zero-order chi connectivity index (χ0) is 34.4. The van der Waals surface area contributed by atoms with E-state index in [0.717, 1.165) is 32.1 Å². The first-order chi connectivity index (χ1) is 22.2. The van der Waals surface area contributed by atoms with E-state index in [-0.39, 0.29) is 29.5 Å². The smallest absolute Gasteiger partial charge is 0.264 e. The number of nitrogens with one attached hydrogen (secondary N) is 1. The number of hydrogen-bond acceptors (Lipinski definition) is 5. The van der Waals surface area contributed by atoms with E-state index >= 15 is 0 Å². The van der Waals surface area contributed by atoms with E-state index in [1.165, 1.54) is 24.1 Å². The van der Waals surface area contributed by atoms with Gasteiger partial charge in [-0.2, -0.15) is 0 Å². The predicted octanol–water partition coefficient (Wildman–Crippen LogP) is 6.37. The van der Waals surface area contributed by atoms with Crippen LogP contribution in [-0.4, -0.2) is 50.4 Å². The van der Waals surface area contributed by atoms with Crippen LogP contribution in [0, 0.1) is 20.8 Å². The third-order valence-corrected chi connectivity index (χ3v) is 9.51.